The normalized spacial score (nSPS) is 18.7. The van der Waals surface area contributed by atoms with Gasteiger partial charge in [0.15, 0.2) is 0 Å². The highest BCUT2D eigenvalue weighted by Crippen LogP contribution is 2.50. The summed E-state index contributed by atoms with van der Waals surface area (Å²) in [5.41, 5.74) is 5.50. The smallest absolute Gasteiger partial charge is 0.130 e. The highest BCUT2D eigenvalue weighted by Gasteiger charge is 2.33. The molecule has 0 fully saturated rings. The van der Waals surface area contributed by atoms with Crippen LogP contribution in [0.15, 0.2) is 30.3 Å². The fourth-order valence-electron chi connectivity index (χ4n) is 4.98. The van der Waals surface area contributed by atoms with Crippen LogP contribution in [-0.4, -0.2) is 44.4 Å². The SMILES string of the molecule is COc1cc(OC)c2c(c1-c1ccc(OC)c3c(O)cc(C)cc13)C[C@H](C)N(C)[C@@H]2C. The molecule has 0 amide bonds. The molecule has 4 rings (SSSR count). The van der Waals surface area contributed by atoms with Crippen LogP contribution in [-0.2, 0) is 6.42 Å². The lowest BCUT2D eigenvalue weighted by atomic mass is 9.82. The van der Waals surface area contributed by atoms with E-state index in [1.807, 2.05) is 19.1 Å². The van der Waals surface area contributed by atoms with Crippen LogP contribution < -0.4 is 14.2 Å². The molecule has 0 unspecified atom stereocenters. The summed E-state index contributed by atoms with van der Waals surface area (Å²) >= 11 is 0. The van der Waals surface area contributed by atoms with Gasteiger partial charge in [0, 0.05) is 29.3 Å². The molecule has 0 spiro atoms. The van der Waals surface area contributed by atoms with Gasteiger partial charge in [-0.15, -0.1) is 0 Å². The molecule has 1 aliphatic heterocycles. The van der Waals surface area contributed by atoms with Gasteiger partial charge in [0.1, 0.15) is 23.0 Å². The number of methoxy groups -OCH3 is 3. The fraction of sp³-hybridized carbons (Fsp3) is 0.385. The van der Waals surface area contributed by atoms with Gasteiger partial charge in [-0.3, -0.25) is 4.90 Å². The zero-order valence-electron chi connectivity index (χ0n) is 19.4. The zero-order chi connectivity index (χ0) is 22.4. The summed E-state index contributed by atoms with van der Waals surface area (Å²) in [5.74, 6) is 2.49. The summed E-state index contributed by atoms with van der Waals surface area (Å²) < 4.78 is 17.3. The minimum absolute atomic E-state index is 0.206. The molecule has 0 saturated carbocycles. The number of aryl methyl sites for hydroxylation is 1. The Labute approximate surface area is 184 Å². The van der Waals surface area contributed by atoms with E-state index < -0.39 is 0 Å². The van der Waals surface area contributed by atoms with Crippen molar-refractivity contribution in [1.29, 1.82) is 0 Å². The Kier molecular flexibility index (Phi) is 5.48. The Balaban J connectivity index is 2.14. The minimum Gasteiger partial charge on any atom is -0.507 e. The molecule has 0 bridgehead atoms. The van der Waals surface area contributed by atoms with Crippen molar-refractivity contribution >= 4 is 10.8 Å². The largest absolute Gasteiger partial charge is 0.507 e. The molecule has 2 atom stereocenters. The Morgan fingerprint density at radius 1 is 0.935 bits per heavy atom. The van der Waals surface area contributed by atoms with Gasteiger partial charge in [0.2, 0.25) is 0 Å². The van der Waals surface area contributed by atoms with Crippen LogP contribution >= 0.6 is 0 Å². The highest BCUT2D eigenvalue weighted by molar-refractivity contribution is 6.05. The number of hydrogen-bond donors (Lipinski definition) is 1. The number of aromatic hydroxyl groups is 1. The molecule has 3 aromatic rings. The first-order chi connectivity index (χ1) is 14.8. The van der Waals surface area contributed by atoms with Gasteiger partial charge in [0.25, 0.3) is 0 Å². The lowest BCUT2D eigenvalue weighted by Gasteiger charge is -2.39. The van der Waals surface area contributed by atoms with Crippen LogP contribution in [0.1, 0.15) is 36.6 Å². The highest BCUT2D eigenvalue weighted by atomic mass is 16.5. The minimum atomic E-state index is 0.206. The molecule has 0 aliphatic carbocycles. The van der Waals surface area contributed by atoms with Gasteiger partial charge in [-0.25, -0.2) is 0 Å². The van der Waals surface area contributed by atoms with E-state index in [0.717, 1.165) is 40.0 Å². The van der Waals surface area contributed by atoms with E-state index in [1.54, 1.807) is 27.4 Å². The first-order valence-corrected chi connectivity index (χ1v) is 10.6. The molecule has 0 saturated heterocycles. The molecule has 3 aromatic carbocycles. The van der Waals surface area contributed by atoms with Gasteiger partial charge in [-0.2, -0.15) is 0 Å². The number of rotatable bonds is 4. The molecule has 164 valence electrons. The molecular formula is C26H31NO4. The van der Waals surface area contributed by atoms with Gasteiger partial charge >= 0.3 is 0 Å². The van der Waals surface area contributed by atoms with Crippen LogP contribution in [0, 0.1) is 6.92 Å². The average molecular weight is 422 g/mol. The Morgan fingerprint density at radius 3 is 2.26 bits per heavy atom. The maximum absolute atomic E-state index is 10.8. The third kappa shape index (κ3) is 3.28. The van der Waals surface area contributed by atoms with Crippen LogP contribution in [0.25, 0.3) is 21.9 Å². The Hall–Kier alpha value is -2.92. The third-order valence-corrected chi connectivity index (χ3v) is 6.75. The lowest BCUT2D eigenvalue weighted by molar-refractivity contribution is 0.175. The molecule has 5 heteroatoms. The summed E-state index contributed by atoms with van der Waals surface area (Å²) in [7, 11) is 7.19. The predicted molar refractivity (Wildman–Crippen MR) is 125 cm³/mol. The van der Waals surface area contributed by atoms with E-state index in [1.165, 1.54) is 11.1 Å². The van der Waals surface area contributed by atoms with Gasteiger partial charge in [-0.1, -0.05) is 6.07 Å². The number of phenolic OH excluding ortho intramolecular Hbond substituents is 1. The van der Waals surface area contributed by atoms with Crippen LogP contribution in [0.2, 0.25) is 0 Å². The molecule has 1 aliphatic rings. The maximum Gasteiger partial charge on any atom is 0.130 e. The van der Waals surface area contributed by atoms with Crippen molar-refractivity contribution in [3.05, 3.63) is 47.0 Å². The van der Waals surface area contributed by atoms with Crippen molar-refractivity contribution in [2.45, 2.75) is 39.3 Å². The fourth-order valence-corrected chi connectivity index (χ4v) is 4.98. The van der Waals surface area contributed by atoms with E-state index in [4.69, 9.17) is 14.2 Å². The van der Waals surface area contributed by atoms with Crippen molar-refractivity contribution in [3.63, 3.8) is 0 Å². The zero-order valence-corrected chi connectivity index (χ0v) is 19.4. The van der Waals surface area contributed by atoms with Crippen LogP contribution in [0.5, 0.6) is 23.0 Å². The van der Waals surface area contributed by atoms with Crippen molar-refractivity contribution in [2.75, 3.05) is 28.4 Å². The average Bonchev–Trinajstić information content (AvgIpc) is 2.75. The number of fused-ring (bicyclic) bond motifs is 2. The van der Waals surface area contributed by atoms with Crippen molar-refractivity contribution in [1.82, 2.24) is 4.90 Å². The van der Waals surface area contributed by atoms with Gasteiger partial charge in [-0.05, 0) is 74.5 Å². The molecule has 0 aromatic heterocycles. The monoisotopic (exact) mass is 421 g/mol. The first kappa shape index (κ1) is 21.3. The molecule has 31 heavy (non-hydrogen) atoms. The Bertz CT molecular complexity index is 1150. The number of nitrogens with zero attached hydrogens (tertiary/aromatic N) is 1. The summed E-state index contributed by atoms with van der Waals surface area (Å²) in [6.45, 7) is 6.45. The van der Waals surface area contributed by atoms with Crippen molar-refractivity contribution < 1.29 is 19.3 Å². The van der Waals surface area contributed by atoms with E-state index >= 15 is 0 Å². The summed E-state index contributed by atoms with van der Waals surface area (Å²) in [6.07, 6.45) is 0.879. The second-order valence-corrected chi connectivity index (χ2v) is 8.46. The number of likely N-dealkylation sites (N-methyl/N-ethyl adjacent to an activating group) is 1. The third-order valence-electron chi connectivity index (χ3n) is 6.75. The quantitative estimate of drug-likeness (QED) is 0.604. The van der Waals surface area contributed by atoms with E-state index in [9.17, 15) is 5.11 Å². The molecular weight excluding hydrogens is 390 g/mol. The van der Waals surface area contributed by atoms with Crippen LogP contribution in [0.3, 0.4) is 0 Å². The summed E-state index contributed by atoms with van der Waals surface area (Å²) in [4.78, 5) is 2.38. The van der Waals surface area contributed by atoms with E-state index in [0.29, 0.717) is 17.2 Å². The standard InChI is InChI=1S/C26H31NO4/c1-14-10-18-17(8-9-21(29-5)26(18)20(28)11-14)25-19-12-15(2)27(4)16(3)24(19)22(30-6)13-23(25)31-7/h8-11,13,15-16,28H,12H2,1-7H3/t15-,16+/m0/s1. The van der Waals surface area contributed by atoms with E-state index in [-0.39, 0.29) is 11.8 Å². The number of ether oxygens (including phenoxy) is 3. The van der Waals surface area contributed by atoms with Gasteiger partial charge < -0.3 is 19.3 Å². The number of hydrogen-bond acceptors (Lipinski definition) is 5. The topological polar surface area (TPSA) is 51.2 Å². The lowest BCUT2D eigenvalue weighted by Crippen LogP contribution is -2.38. The molecule has 1 heterocycles. The predicted octanol–water partition coefficient (Wildman–Crippen LogP) is 5.48. The first-order valence-electron chi connectivity index (χ1n) is 10.6. The molecule has 0 radical (unpaired) electrons. The summed E-state index contributed by atoms with van der Waals surface area (Å²) in [6, 6.07) is 10.4. The van der Waals surface area contributed by atoms with Gasteiger partial charge in [0.05, 0.1) is 26.7 Å². The molecule has 1 N–H and O–H groups in total. The maximum atomic E-state index is 10.8. The second-order valence-electron chi connectivity index (χ2n) is 8.46. The number of benzene rings is 3. The van der Waals surface area contributed by atoms with Crippen molar-refractivity contribution in [3.8, 4) is 34.1 Å². The summed E-state index contributed by atoms with van der Waals surface area (Å²) in [5, 5.41) is 12.4. The molecule has 5 nitrogen and oxygen atoms in total. The second kappa shape index (κ2) is 7.97. The Morgan fingerprint density at radius 2 is 1.61 bits per heavy atom. The number of phenols is 1. The van der Waals surface area contributed by atoms with Crippen LogP contribution in [0.4, 0.5) is 0 Å². The van der Waals surface area contributed by atoms with Crippen molar-refractivity contribution in [2.24, 2.45) is 0 Å². The van der Waals surface area contributed by atoms with E-state index in [2.05, 4.69) is 37.9 Å².